The van der Waals surface area contributed by atoms with Crippen LogP contribution >= 0.6 is 15.9 Å². The van der Waals surface area contributed by atoms with E-state index in [1.165, 1.54) is 12.1 Å². The number of nitrogens with zero attached hydrogens (tertiary/aromatic N) is 2. The van der Waals surface area contributed by atoms with Crippen LogP contribution in [0.15, 0.2) is 27.2 Å². The summed E-state index contributed by atoms with van der Waals surface area (Å²) in [5.41, 5.74) is 6.11. The number of hydrogen-bond acceptors (Lipinski definition) is 4. The Hall–Kier alpha value is -1.27. The molecule has 0 unspecified atom stereocenters. The largest absolute Gasteiger partial charge is 0.337 e. The molecule has 0 spiro atoms. The number of halogens is 2. The van der Waals surface area contributed by atoms with Gasteiger partial charge in [-0.05, 0) is 31.0 Å². The molecule has 0 bridgehead atoms. The molecule has 102 valence electrons. The molecule has 2 rings (SSSR count). The highest BCUT2D eigenvalue weighted by atomic mass is 79.9. The standard InChI is InChI=1S/C13H15BrFN3O/c1-3-13(16,4-2)12-17-11(18-19-12)8-5-9(14)7-10(15)6-8/h5-7H,3-4,16H2,1-2H3. The van der Waals surface area contributed by atoms with Gasteiger partial charge >= 0.3 is 0 Å². The van der Waals surface area contributed by atoms with Crippen molar-refractivity contribution in [2.24, 2.45) is 5.73 Å². The smallest absolute Gasteiger partial charge is 0.247 e. The molecule has 0 radical (unpaired) electrons. The topological polar surface area (TPSA) is 64.9 Å². The van der Waals surface area contributed by atoms with Crippen LogP contribution in [0.5, 0.6) is 0 Å². The first kappa shape index (κ1) is 14.1. The van der Waals surface area contributed by atoms with Gasteiger partial charge in [0, 0.05) is 10.0 Å². The molecule has 0 saturated carbocycles. The van der Waals surface area contributed by atoms with Crippen molar-refractivity contribution in [1.82, 2.24) is 10.1 Å². The molecule has 19 heavy (non-hydrogen) atoms. The Kier molecular flexibility index (Phi) is 4.01. The van der Waals surface area contributed by atoms with E-state index < -0.39 is 5.54 Å². The lowest BCUT2D eigenvalue weighted by Crippen LogP contribution is -2.35. The molecule has 1 aromatic carbocycles. The summed E-state index contributed by atoms with van der Waals surface area (Å²) < 4.78 is 19.2. The monoisotopic (exact) mass is 327 g/mol. The van der Waals surface area contributed by atoms with E-state index in [2.05, 4.69) is 26.1 Å². The highest BCUT2D eigenvalue weighted by Gasteiger charge is 2.30. The van der Waals surface area contributed by atoms with E-state index in [-0.39, 0.29) is 5.82 Å². The second-order valence-corrected chi connectivity index (χ2v) is 5.36. The molecule has 6 heteroatoms. The second kappa shape index (κ2) is 5.38. The van der Waals surface area contributed by atoms with Gasteiger partial charge in [0.05, 0.1) is 5.54 Å². The number of aromatic nitrogens is 2. The summed E-state index contributed by atoms with van der Waals surface area (Å²) in [7, 11) is 0. The van der Waals surface area contributed by atoms with Crippen molar-refractivity contribution >= 4 is 15.9 Å². The van der Waals surface area contributed by atoms with Crippen LogP contribution in [0, 0.1) is 5.82 Å². The van der Waals surface area contributed by atoms with Gasteiger partial charge < -0.3 is 10.3 Å². The molecular formula is C13H15BrFN3O. The Labute approximate surface area is 119 Å². The van der Waals surface area contributed by atoms with Crippen LogP contribution in [0.25, 0.3) is 11.4 Å². The lowest BCUT2D eigenvalue weighted by Gasteiger charge is -2.20. The summed E-state index contributed by atoms with van der Waals surface area (Å²) in [6, 6.07) is 4.46. The van der Waals surface area contributed by atoms with Crippen molar-refractivity contribution in [2.45, 2.75) is 32.2 Å². The molecule has 2 aromatic rings. The fraction of sp³-hybridized carbons (Fsp3) is 0.385. The van der Waals surface area contributed by atoms with Gasteiger partial charge in [0.25, 0.3) is 0 Å². The van der Waals surface area contributed by atoms with Crippen LogP contribution < -0.4 is 5.73 Å². The van der Waals surface area contributed by atoms with Crippen LogP contribution in [0.1, 0.15) is 32.6 Å². The van der Waals surface area contributed by atoms with Crippen molar-refractivity contribution in [3.63, 3.8) is 0 Å². The number of nitrogens with two attached hydrogens (primary N) is 1. The Bertz CT molecular complexity index is 561. The molecule has 0 fully saturated rings. The van der Waals surface area contributed by atoms with Gasteiger partial charge in [-0.1, -0.05) is 34.9 Å². The highest BCUT2D eigenvalue weighted by Crippen LogP contribution is 2.27. The average molecular weight is 328 g/mol. The van der Waals surface area contributed by atoms with Crippen molar-refractivity contribution in [3.05, 3.63) is 34.4 Å². The van der Waals surface area contributed by atoms with Gasteiger partial charge in [0.15, 0.2) is 0 Å². The van der Waals surface area contributed by atoms with Crippen LogP contribution in [-0.4, -0.2) is 10.1 Å². The highest BCUT2D eigenvalue weighted by molar-refractivity contribution is 9.10. The van der Waals surface area contributed by atoms with E-state index in [0.29, 0.717) is 34.6 Å². The third-order valence-electron chi connectivity index (χ3n) is 3.23. The molecule has 1 aromatic heterocycles. The number of hydrogen-bond donors (Lipinski definition) is 1. The van der Waals surface area contributed by atoms with Crippen molar-refractivity contribution in [3.8, 4) is 11.4 Å². The van der Waals surface area contributed by atoms with Crippen LogP contribution in [0.3, 0.4) is 0 Å². The van der Waals surface area contributed by atoms with Crippen molar-refractivity contribution in [2.75, 3.05) is 0 Å². The molecule has 0 aliphatic heterocycles. The summed E-state index contributed by atoms with van der Waals surface area (Å²) in [5.74, 6) is 0.362. The Balaban J connectivity index is 2.40. The first-order chi connectivity index (χ1) is 8.98. The second-order valence-electron chi connectivity index (χ2n) is 4.44. The lowest BCUT2D eigenvalue weighted by atomic mass is 9.94. The summed E-state index contributed by atoms with van der Waals surface area (Å²) in [6.45, 7) is 3.93. The summed E-state index contributed by atoms with van der Waals surface area (Å²) in [4.78, 5) is 4.29. The first-order valence-electron chi connectivity index (χ1n) is 6.08. The van der Waals surface area contributed by atoms with Gasteiger partial charge in [-0.3, -0.25) is 0 Å². The van der Waals surface area contributed by atoms with E-state index in [1.54, 1.807) is 6.07 Å². The predicted octanol–water partition coefficient (Wildman–Crippen LogP) is 3.61. The molecule has 0 atom stereocenters. The summed E-state index contributed by atoms with van der Waals surface area (Å²) in [6.07, 6.45) is 1.38. The van der Waals surface area contributed by atoms with Gasteiger partial charge in [0.2, 0.25) is 11.7 Å². The van der Waals surface area contributed by atoms with Gasteiger partial charge in [0.1, 0.15) is 5.82 Å². The van der Waals surface area contributed by atoms with E-state index in [9.17, 15) is 4.39 Å². The maximum absolute atomic E-state index is 13.3. The molecule has 0 aliphatic rings. The van der Waals surface area contributed by atoms with Crippen LogP contribution in [0.4, 0.5) is 4.39 Å². The molecule has 0 aliphatic carbocycles. The SMILES string of the molecule is CCC(N)(CC)c1nc(-c2cc(F)cc(Br)c2)no1. The van der Waals surface area contributed by atoms with E-state index in [1.807, 2.05) is 13.8 Å². The number of rotatable bonds is 4. The lowest BCUT2D eigenvalue weighted by molar-refractivity contribution is 0.268. The van der Waals surface area contributed by atoms with E-state index in [4.69, 9.17) is 10.3 Å². The molecule has 4 nitrogen and oxygen atoms in total. The van der Waals surface area contributed by atoms with Crippen LogP contribution in [0.2, 0.25) is 0 Å². The third-order valence-corrected chi connectivity index (χ3v) is 3.69. The summed E-state index contributed by atoms with van der Waals surface area (Å²) >= 11 is 3.23. The van der Waals surface area contributed by atoms with Crippen LogP contribution in [-0.2, 0) is 5.54 Å². The Morgan fingerprint density at radius 3 is 2.58 bits per heavy atom. The van der Waals surface area contributed by atoms with Crippen molar-refractivity contribution in [1.29, 1.82) is 0 Å². The van der Waals surface area contributed by atoms with Gasteiger partial charge in [-0.2, -0.15) is 4.98 Å². The Morgan fingerprint density at radius 2 is 2.00 bits per heavy atom. The quantitative estimate of drug-likeness (QED) is 0.931. The fourth-order valence-electron chi connectivity index (χ4n) is 1.78. The third kappa shape index (κ3) is 2.84. The first-order valence-corrected chi connectivity index (χ1v) is 6.87. The molecule has 0 amide bonds. The maximum atomic E-state index is 13.3. The molecular weight excluding hydrogens is 313 g/mol. The minimum atomic E-state index is -0.629. The van der Waals surface area contributed by atoms with Crippen molar-refractivity contribution < 1.29 is 8.91 Å². The summed E-state index contributed by atoms with van der Waals surface area (Å²) in [5, 5.41) is 3.88. The zero-order chi connectivity index (χ0) is 14.0. The molecule has 1 heterocycles. The van der Waals surface area contributed by atoms with Gasteiger partial charge in [-0.25, -0.2) is 4.39 Å². The average Bonchev–Trinajstić information content (AvgIpc) is 2.87. The fourth-order valence-corrected chi connectivity index (χ4v) is 2.24. The van der Waals surface area contributed by atoms with E-state index in [0.717, 1.165) is 0 Å². The van der Waals surface area contributed by atoms with Gasteiger partial charge in [-0.15, -0.1) is 0 Å². The van der Waals surface area contributed by atoms with E-state index >= 15 is 0 Å². The minimum Gasteiger partial charge on any atom is -0.337 e. The number of benzene rings is 1. The predicted molar refractivity (Wildman–Crippen MR) is 73.8 cm³/mol. The maximum Gasteiger partial charge on any atom is 0.247 e. The normalized spacial score (nSPS) is 11.8. The minimum absolute atomic E-state index is 0.340. The molecule has 0 saturated heterocycles. The molecule has 2 N–H and O–H groups in total. The Morgan fingerprint density at radius 1 is 1.32 bits per heavy atom. The zero-order valence-corrected chi connectivity index (χ0v) is 12.4. The zero-order valence-electron chi connectivity index (χ0n) is 10.8.